The molecule has 1 rings (SSSR count). The van der Waals surface area contributed by atoms with Crippen LogP contribution in [-0.2, 0) is 4.74 Å². The summed E-state index contributed by atoms with van der Waals surface area (Å²) in [7, 11) is 0. The largest absolute Gasteiger partial charge is 0.443 e. The van der Waals surface area contributed by atoms with E-state index in [4.69, 9.17) is 4.74 Å². The third kappa shape index (κ3) is 7.03. The standard InChI is InChI=1S/C13H15BrF2N2O3/c1-13(2,3)21-12(19)18-17-7-8-6-9(14)4-5-10(8)20-11(15)16/h4-7,11H,1-3H3,(H,18,19)/b17-7-. The van der Waals surface area contributed by atoms with Crippen molar-refractivity contribution < 1.29 is 23.0 Å². The lowest BCUT2D eigenvalue weighted by atomic mass is 10.2. The Bertz CT molecular complexity index is 531. The number of hydrogen-bond donors (Lipinski definition) is 1. The second-order valence-corrected chi connectivity index (χ2v) is 5.85. The van der Waals surface area contributed by atoms with Crippen LogP contribution in [0, 0.1) is 0 Å². The molecule has 0 aliphatic heterocycles. The minimum absolute atomic E-state index is 0.0528. The minimum Gasteiger partial charge on any atom is -0.443 e. The van der Waals surface area contributed by atoms with E-state index in [1.807, 2.05) is 0 Å². The smallest absolute Gasteiger partial charge is 0.428 e. The minimum atomic E-state index is -2.95. The van der Waals surface area contributed by atoms with Crippen LogP contribution >= 0.6 is 15.9 Å². The Morgan fingerprint density at radius 3 is 2.67 bits per heavy atom. The van der Waals surface area contributed by atoms with Crippen LogP contribution in [0.3, 0.4) is 0 Å². The van der Waals surface area contributed by atoms with Crippen LogP contribution in [0.15, 0.2) is 27.8 Å². The second kappa shape index (κ2) is 7.35. The molecule has 5 nitrogen and oxygen atoms in total. The SMILES string of the molecule is CC(C)(C)OC(=O)N/N=C\c1cc(Br)ccc1OC(F)F. The molecule has 21 heavy (non-hydrogen) atoms. The molecule has 1 aromatic rings. The number of rotatable bonds is 4. The van der Waals surface area contributed by atoms with E-state index < -0.39 is 18.3 Å². The Morgan fingerprint density at radius 2 is 2.10 bits per heavy atom. The number of halogens is 3. The maximum absolute atomic E-state index is 12.3. The average molecular weight is 365 g/mol. The summed E-state index contributed by atoms with van der Waals surface area (Å²) in [5.74, 6) is -0.0528. The summed E-state index contributed by atoms with van der Waals surface area (Å²) < 4.78 is 34.5. The highest BCUT2D eigenvalue weighted by Crippen LogP contribution is 2.23. The highest BCUT2D eigenvalue weighted by Gasteiger charge is 2.15. The van der Waals surface area contributed by atoms with Gasteiger partial charge < -0.3 is 9.47 Å². The van der Waals surface area contributed by atoms with Crippen molar-refractivity contribution >= 4 is 28.2 Å². The number of amides is 1. The summed E-state index contributed by atoms with van der Waals surface area (Å²) in [4.78, 5) is 11.4. The van der Waals surface area contributed by atoms with Gasteiger partial charge in [-0.2, -0.15) is 13.9 Å². The molecule has 0 aliphatic carbocycles. The monoisotopic (exact) mass is 364 g/mol. The number of nitrogens with one attached hydrogen (secondary N) is 1. The molecule has 0 radical (unpaired) electrons. The molecule has 0 saturated carbocycles. The van der Waals surface area contributed by atoms with Crippen molar-refractivity contribution in [2.75, 3.05) is 0 Å². The molecule has 8 heteroatoms. The van der Waals surface area contributed by atoms with Gasteiger partial charge >= 0.3 is 12.7 Å². The summed E-state index contributed by atoms with van der Waals surface area (Å²) in [5.41, 5.74) is 1.76. The van der Waals surface area contributed by atoms with Crippen LogP contribution in [0.1, 0.15) is 26.3 Å². The van der Waals surface area contributed by atoms with Gasteiger partial charge in [-0.25, -0.2) is 10.2 Å². The van der Waals surface area contributed by atoms with Gasteiger partial charge in [0.2, 0.25) is 0 Å². The topological polar surface area (TPSA) is 59.9 Å². The fourth-order valence-corrected chi connectivity index (χ4v) is 1.66. The molecule has 1 N–H and O–H groups in total. The van der Waals surface area contributed by atoms with Gasteiger partial charge in [-0.05, 0) is 39.0 Å². The van der Waals surface area contributed by atoms with Crippen LogP contribution in [0.5, 0.6) is 5.75 Å². The molecule has 0 heterocycles. The van der Waals surface area contributed by atoms with Gasteiger partial charge in [-0.15, -0.1) is 0 Å². The van der Waals surface area contributed by atoms with E-state index >= 15 is 0 Å². The van der Waals surface area contributed by atoms with Crippen molar-refractivity contribution in [3.05, 3.63) is 28.2 Å². The zero-order chi connectivity index (χ0) is 16.0. The van der Waals surface area contributed by atoms with Crippen LogP contribution in [0.25, 0.3) is 0 Å². The predicted molar refractivity (Wildman–Crippen MR) is 77.7 cm³/mol. The van der Waals surface area contributed by atoms with Gasteiger partial charge in [0.25, 0.3) is 0 Å². The first kappa shape index (κ1) is 17.4. The van der Waals surface area contributed by atoms with E-state index in [2.05, 4.69) is 31.2 Å². The fraction of sp³-hybridized carbons (Fsp3) is 0.385. The van der Waals surface area contributed by atoms with E-state index in [1.54, 1.807) is 26.8 Å². The van der Waals surface area contributed by atoms with Crippen LogP contribution in [0.2, 0.25) is 0 Å². The van der Waals surface area contributed by atoms with Gasteiger partial charge in [0, 0.05) is 10.0 Å². The first-order chi connectivity index (χ1) is 9.67. The third-order valence-electron chi connectivity index (χ3n) is 1.95. The maximum Gasteiger partial charge on any atom is 0.428 e. The molecule has 0 atom stereocenters. The van der Waals surface area contributed by atoms with Crippen molar-refractivity contribution in [3.8, 4) is 5.75 Å². The maximum atomic E-state index is 12.3. The van der Waals surface area contributed by atoms with Gasteiger partial charge in [0.1, 0.15) is 11.4 Å². The van der Waals surface area contributed by atoms with E-state index in [-0.39, 0.29) is 11.3 Å². The number of hydrogen-bond acceptors (Lipinski definition) is 4. The Balaban J connectivity index is 2.75. The molecular weight excluding hydrogens is 350 g/mol. The van der Waals surface area contributed by atoms with Crippen molar-refractivity contribution in [1.29, 1.82) is 0 Å². The summed E-state index contributed by atoms with van der Waals surface area (Å²) in [5, 5.41) is 3.64. The van der Waals surface area contributed by atoms with Crippen molar-refractivity contribution in [2.45, 2.75) is 33.0 Å². The van der Waals surface area contributed by atoms with E-state index in [9.17, 15) is 13.6 Å². The van der Waals surface area contributed by atoms with Gasteiger partial charge in [0.15, 0.2) is 0 Å². The Hall–Kier alpha value is -1.70. The first-order valence-corrected chi connectivity index (χ1v) is 6.73. The predicted octanol–water partition coefficient (Wildman–Crippen LogP) is 3.91. The Labute approximate surface area is 129 Å². The first-order valence-electron chi connectivity index (χ1n) is 5.94. The summed E-state index contributed by atoms with van der Waals surface area (Å²) in [6.45, 7) is 2.18. The molecule has 0 unspecified atom stereocenters. The van der Waals surface area contributed by atoms with Crippen molar-refractivity contribution in [2.24, 2.45) is 5.10 Å². The van der Waals surface area contributed by atoms with Gasteiger partial charge in [-0.1, -0.05) is 15.9 Å². The lowest BCUT2D eigenvalue weighted by Crippen LogP contribution is -2.29. The molecule has 0 fully saturated rings. The molecule has 1 aromatic carbocycles. The van der Waals surface area contributed by atoms with Crippen LogP contribution in [-0.4, -0.2) is 24.5 Å². The molecule has 0 saturated heterocycles. The molecular formula is C13H15BrF2N2O3. The molecule has 0 bridgehead atoms. The van der Waals surface area contributed by atoms with Crippen molar-refractivity contribution in [3.63, 3.8) is 0 Å². The van der Waals surface area contributed by atoms with Gasteiger partial charge in [-0.3, -0.25) is 0 Å². The van der Waals surface area contributed by atoms with Crippen molar-refractivity contribution in [1.82, 2.24) is 5.43 Å². The molecule has 0 aromatic heterocycles. The average Bonchev–Trinajstić information content (AvgIpc) is 2.29. The number of hydrazone groups is 1. The third-order valence-corrected chi connectivity index (χ3v) is 2.44. The van der Waals surface area contributed by atoms with Crippen LogP contribution in [0.4, 0.5) is 13.6 Å². The summed E-state index contributed by atoms with van der Waals surface area (Å²) >= 11 is 3.21. The zero-order valence-corrected chi connectivity index (χ0v) is 13.3. The Kier molecular flexibility index (Phi) is 6.07. The number of carbonyl (C=O) groups is 1. The van der Waals surface area contributed by atoms with Crippen LogP contribution < -0.4 is 10.2 Å². The molecule has 0 spiro atoms. The molecule has 0 aliphatic rings. The lowest BCUT2D eigenvalue weighted by Gasteiger charge is -2.18. The number of benzene rings is 1. The van der Waals surface area contributed by atoms with E-state index in [1.165, 1.54) is 18.3 Å². The zero-order valence-electron chi connectivity index (χ0n) is 11.7. The number of nitrogens with zero attached hydrogens (tertiary/aromatic N) is 1. The summed E-state index contributed by atoms with van der Waals surface area (Å²) in [6, 6.07) is 4.44. The number of carbonyl (C=O) groups excluding carboxylic acids is 1. The number of alkyl halides is 2. The van der Waals surface area contributed by atoms with E-state index in [0.29, 0.717) is 4.47 Å². The quantitative estimate of drug-likeness (QED) is 0.650. The Morgan fingerprint density at radius 1 is 1.43 bits per heavy atom. The molecule has 1 amide bonds. The second-order valence-electron chi connectivity index (χ2n) is 4.93. The number of ether oxygens (including phenoxy) is 2. The molecule has 116 valence electrons. The van der Waals surface area contributed by atoms with Gasteiger partial charge in [0.05, 0.1) is 6.21 Å². The highest BCUT2D eigenvalue weighted by molar-refractivity contribution is 9.10. The summed E-state index contributed by atoms with van der Waals surface area (Å²) in [6.07, 6.45) is 0.442. The fourth-order valence-electron chi connectivity index (χ4n) is 1.28. The normalized spacial score (nSPS) is 11.8. The highest BCUT2D eigenvalue weighted by atomic mass is 79.9. The lowest BCUT2D eigenvalue weighted by molar-refractivity contribution is -0.0499. The van der Waals surface area contributed by atoms with E-state index in [0.717, 1.165) is 0 Å².